The molecule has 2 heteroatoms. The van der Waals surface area contributed by atoms with Crippen LogP contribution in [0.1, 0.15) is 62.3 Å². The molecule has 1 aliphatic carbocycles. The van der Waals surface area contributed by atoms with Gasteiger partial charge in [-0.25, -0.2) is 0 Å². The monoisotopic (exact) mass is 272 g/mol. The molecule has 1 aromatic carbocycles. The third-order valence-corrected chi connectivity index (χ3v) is 2.74. The molecule has 0 atom stereocenters. The van der Waals surface area contributed by atoms with Crippen LogP contribution in [0.25, 0.3) is 0 Å². The Morgan fingerprint density at radius 1 is 0.850 bits per heavy atom. The highest BCUT2D eigenvalue weighted by atomic mass is 16.1. The van der Waals surface area contributed by atoms with E-state index in [1.165, 1.54) is 0 Å². The summed E-state index contributed by atoms with van der Waals surface area (Å²) < 4.78 is 0. The number of fused-ring (bicyclic) bond motifs is 1. The topological polar surface area (TPSA) is 34.1 Å². The Balaban J connectivity index is 0.000000829. The van der Waals surface area contributed by atoms with E-state index in [4.69, 9.17) is 0 Å². The molecule has 0 unspecified atom stereocenters. The van der Waals surface area contributed by atoms with Crippen LogP contribution in [-0.4, -0.2) is 11.6 Å². The quantitative estimate of drug-likeness (QED) is 0.720. The maximum atomic E-state index is 12.1. The second-order valence-electron chi connectivity index (χ2n) is 3.74. The molecule has 0 heterocycles. The molecular formula is C18H24O2. The van der Waals surface area contributed by atoms with E-state index in [-0.39, 0.29) is 11.6 Å². The number of hydrogen-bond donors (Lipinski definition) is 0. The van der Waals surface area contributed by atoms with Gasteiger partial charge in [0, 0.05) is 22.3 Å². The van der Waals surface area contributed by atoms with Crippen LogP contribution >= 0.6 is 0 Å². The lowest BCUT2D eigenvalue weighted by Crippen LogP contribution is -2.19. The van der Waals surface area contributed by atoms with Crippen LogP contribution in [0.2, 0.25) is 0 Å². The Morgan fingerprint density at radius 3 is 1.75 bits per heavy atom. The number of carbonyl (C=O) groups is 2. The zero-order chi connectivity index (χ0) is 15.7. The summed E-state index contributed by atoms with van der Waals surface area (Å²) >= 11 is 0. The van der Waals surface area contributed by atoms with E-state index in [0.29, 0.717) is 22.3 Å². The van der Waals surface area contributed by atoms with Crippen molar-refractivity contribution in [3.8, 4) is 0 Å². The molecule has 1 aromatic rings. The lowest BCUT2D eigenvalue weighted by molar-refractivity contribution is 0.0978. The van der Waals surface area contributed by atoms with Gasteiger partial charge < -0.3 is 0 Å². The van der Waals surface area contributed by atoms with Crippen molar-refractivity contribution >= 4 is 11.6 Å². The Labute approximate surface area is 122 Å². The van der Waals surface area contributed by atoms with E-state index in [0.717, 1.165) is 0 Å². The van der Waals surface area contributed by atoms with Crippen LogP contribution in [0.4, 0.5) is 0 Å². The third-order valence-electron chi connectivity index (χ3n) is 2.74. The normalized spacial score (nSPS) is 13.3. The summed E-state index contributed by atoms with van der Waals surface area (Å²) in [6.45, 7) is 11.5. The molecule has 20 heavy (non-hydrogen) atoms. The number of carbonyl (C=O) groups excluding carboxylic acids is 2. The number of hydrogen-bond acceptors (Lipinski definition) is 2. The van der Waals surface area contributed by atoms with Crippen LogP contribution in [0, 0.1) is 0 Å². The molecule has 1 aliphatic rings. The lowest BCUT2D eigenvalue weighted by atomic mass is 9.84. The summed E-state index contributed by atoms with van der Waals surface area (Å²) in [4.78, 5) is 24.1. The van der Waals surface area contributed by atoms with Gasteiger partial charge in [0.25, 0.3) is 0 Å². The van der Waals surface area contributed by atoms with Crippen molar-refractivity contribution in [2.45, 2.75) is 41.5 Å². The van der Waals surface area contributed by atoms with Gasteiger partial charge in [0.05, 0.1) is 0 Å². The van der Waals surface area contributed by atoms with Crippen molar-refractivity contribution in [1.82, 2.24) is 0 Å². The second-order valence-corrected chi connectivity index (χ2v) is 3.74. The summed E-state index contributed by atoms with van der Waals surface area (Å²) in [5.74, 6) is -0.117. The molecule has 0 saturated carbocycles. The second kappa shape index (κ2) is 9.03. The van der Waals surface area contributed by atoms with Gasteiger partial charge in [0.1, 0.15) is 0 Å². The summed E-state index contributed by atoms with van der Waals surface area (Å²) in [5, 5.41) is 0. The summed E-state index contributed by atoms with van der Waals surface area (Å²) in [7, 11) is 0. The Kier molecular flexibility index (Phi) is 8.14. The van der Waals surface area contributed by atoms with Crippen molar-refractivity contribution in [3.05, 3.63) is 58.7 Å². The molecular weight excluding hydrogens is 248 g/mol. The van der Waals surface area contributed by atoms with Crippen molar-refractivity contribution in [2.75, 3.05) is 0 Å². The van der Waals surface area contributed by atoms with Crippen LogP contribution < -0.4 is 0 Å². The van der Waals surface area contributed by atoms with Crippen molar-refractivity contribution in [2.24, 2.45) is 0 Å². The van der Waals surface area contributed by atoms with Crippen LogP contribution in [0.5, 0.6) is 0 Å². The number of benzene rings is 1. The van der Waals surface area contributed by atoms with Crippen LogP contribution in [0.3, 0.4) is 0 Å². The molecule has 2 rings (SSSR count). The van der Waals surface area contributed by atoms with Crippen molar-refractivity contribution in [3.63, 3.8) is 0 Å². The van der Waals surface area contributed by atoms with E-state index < -0.39 is 0 Å². The highest BCUT2D eigenvalue weighted by molar-refractivity contribution is 6.27. The molecule has 0 bridgehead atoms. The van der Waals surface area contributed by atoms with Gasteiger partial charge >= 0.3 is 0 Å². The Morgan fingerprint density at radius 2 is 1.30 bits per heavy atom. The third kappa shape index (κ3) is 3.53. The lowest BCUT2D eigenvalue weighted by Gasteiger charge is -2.16. The predicted octanol–water partition coefficient (Wildman–Crippen LogP) is 5.01. The number of ketones is 2. The number of rotatable bonds is 1. The average Bonchev–Trinajstić information content (AvgIpc) is 2.53. The minimum Gasteiger partial charge on any atom is -0.289 e. The van der Waals surface area contributed by atoms with E-state index >= 15 is 0 Å². The zero-order valence-corrected chi connectivity index (χ0v) is 13.3. The molecule has 108 valence electrons. The minimum absolute atomic E-state index is 0.0525. The van der Waals surface area contributed by atoms with E-state index in [1.807, 2.05) is 34.6 Å². The molecule has 0 radical (unpaired) electrons. The van der Waals surface area contributed by atoms with E-state index in [2.05, 4.69) is 0 Å². The van der Waals surface area contributed by atoms with Crippen LogP contribution in [0.15, 0.2) is 47.6 Å². The van der Waals surface area contributed by atoms with Gasteiger partial charge in [-0.1, -0.05) is 64.1 Å². The molecule has 0 aliphatic heterocycles. The van der Waals surface area contributed by atoms with E-state index in [1.54, 1.807) is 43.3 Å². The maximum Gasteiger partial charge on any atom is 0.194 e. The standard InChI is InChI=1S/C14H12O2.2C2H6/c1-3-6-10-9(2)13(15)11-7-4-5-8-12(11)14(10)16;2*1-2/h3-8H,1-2H3;2*1-2H3/b6-3-;;. The highest BCUT2D eigenvalue weighted by Crippen LogP contribution is 2.26. The Bertz CT molecular complexity index is 534. The summed E-state index contributed by atoms with van der Waals surface area (Å²) in [6, 6.07) is 6.95. The van der Waals surface area contributed by atoms with Gasteiger partial charge in [-0.15, -0.1) is 0 Å². The molecule has 2 nitrogen and oxygen atoms in total. The first-order valence-corrected chi connectivity index (χ1v) is 7.18. The highest BCUT2D eigenvalue weighted by Gasteiger charge is 2.27. The average molecular weight is 272 g/mol. The van der Waals surface area contributed by atoms with Gasteiger partial charge in [-0.3, -0.25) is 9.59 Å². The largest absolute Gasteiger partial charge is 0.289 e. The maximum absolute atomic E-state index is 12.1. The number of Topliss-reactive ketones (excluding diaryl/α,β-unsaturated/α-hetero) is 2. The minimum atomic E-state index is -0.0641. The molecule has 0 N–H and O–H groups in total. The zero-order valence-electron chi connectivity index (χ0n) is 13.3. The number of allylic oxidation sites excluding steroid dienone is 4. The molecule has 0 saturated heterocycles. The first-order valence-electron chi connectivity index (χ1n) is 7.18. The van der Waals surface area contributed by atoms with Crippen LogP contribution in [-0.2, 0) is 0 Å². The van der Waals surface area contributed by atoms with Gasteiger partial charge in [0.15, 0.2) is 11.6 Å². The molecule has 0 fully saturated rings. The van der Waals surface area contributed by atoms with Gasteiger partial charge in [-0.2, -0.15) is 0 Å². The summed E-state index contributed by atoms with van der Waals surface area (Å²) in [6.07, 6.45) is 3.48. The van der Waals surface area contributed by atoms with Crippen molar-refractivity contribution < 1.29 is 9.59 Å². The Hall–Kier alpha value is -1.96. The summed E-state index contributed by atoms with van der Waals surface area (Å²) in [5.41, 5.74) is 2.05. The first kappa shape index (κ1) is 18.0. The first-order chi connectivity index (χ1) is 9.66. The van der Waals surface area contributed by atoms with Gasteiger partial charge in [0.2, 0.25) is 0 Å². The fraction of sp³-hybridized carbons (Fsp3) is 0.333. The van der Waals surface area contributed by atoms with Crippen molar-refractivity contribution in [1.29, 1.82) is 0 Å². The predicted molar refractivity (Wildman–Crippen MR) is 85.3 cm³/mol. The molecule has 0 spiro atoms. The fourth-order valence-electron chi connectivity index (χ4n) is 1.89. The SMILES string of the molecule is C/C=C\C1=C(C)C(=O)c2ccccc2C1=O.CC.CC. The van der Waals surface area contributed by atoms with E-state index in [9.17, 15) is 9.59 Å². The molecule has 0 amide bonds. The molecule has 0 aromatic heterocycles. The van der Waals surface area contributed by atoms with Gasteiger partial charge in [-0.05, 0) is 13.8 Å². The fourth-order valence-corrected chi connectivity index (χ4v) is 1.89. The smallest absolute Gasteiger partial charge is 0.194 e.